The summed E-state index contributed by atoms with van der Waals surface area (Å²) in [5.41, 5.74) is 4.36. The van der Waals surface area contributed by atoms with E-state index in [1.807, 2.05) is 69.3 Å². The molecule has 0 unspecified atom stereocenters. The van der Waals surface area contributed by atoms with Crippen LogP contribution in [0.3, 0.4) is 0 Å². The van der Waals surface area contributed by atoms with Crippen molar-refractivity contribution in [1.82, 2.24) is 4.98 Å². The maximum atomic E-state index is 12.8. The Balaban J connectivity index is 1.61. The fourth-order valence-electron chi connectivity index (χ4n) is 3.17. The number of ether oxygens (including phenoxy) is 1. The average molecular weight is 403 g/mol. The fourth-order valence-corrected chi connectivity index (χ4v) is 4.22. The molecule has 4 rings (SSSR count). The number of amides is 1. The van der Waals surface area contributed by atoms with Crippen LogP contribution in [0.5, 0.6) is 5.75 Å². The number of nitrogens with one attached hydrogen (secondary N) is 1. The van der Waals surface area contributed by atoms with E-state index in [0.717, 1.165) is 32.0 Å². The monoisotopic (exact) mass is 402 g/mol. The Morgan fingerprint density at radius 2 is 1.83 bits per heavy atom. The molecule has 4 aromatic rings. The van der Waals surface area contributed by atoms with Gasteiger partial charge in [-0.1, -0.05) is 30.3 Å². The number of carbonyl (C=O) groups is 1. The molecule has 29 heavy (non-hydrogen) atoms. The minimum absolute atomic E-state index is 0.0565. The largest absolute Gasteiger partial charge is 0.491 e. The molecule has 1 amide bonds. The van der Waals surface area contributed by atoms with Crippen LogP contribution in [0.25, 0.3) is 20.8 Å². The minimum Gasteiger partial charge on any atom is -0.491 e. The Bertz CT molecular complexity index is 1150. The lowest BCUT2D eigenvalue weighted by molar-refractivity contribution is 0.102. The SMILES string of the molecule is Cc1c(NC(=O)c2cccc(OC(C)C)c2)cccc1-c1nc2ccccc2s1. The molecule has 1 N–H and O–H groups in total. The van der Waals surface area contributed by atoms with Crippen LogP contribution >= 0.6 is 11.3 Å². The van der Waals surface area contributed by atoms with E-state index in [1.54, 1.807) is 23.5 Å². The highest BCUT2D eigenvalue weighted by molar-refractivity contribution is 7.21. The molecule has 0 aliphatic rings. The quantitative estimate of drug-likeness (QED) is 0.425. The van der Waals surface area contributed by atoms with Crippen LogP contribution in [-0.4, -0.2) is 17.0 Å². The van der Waals surface area contributed by atoms with E-state index in [2.05, 4.69) is 11.4 Å². The molecule has 5 heteroatoms. The Morgan fingerprint density at radius 3 is 2.62 bits per heavy atom. The van der Waals surface area contributed by atoms with Crippen LogP contribution in [0.2, 0.25) is 0 Å². The average Bonchev–Trinajstić information content (AvgIpc) is 3.13. The van der Waals surface area contributed by atoms with Crippen LogP contribution in [0.1, 0.15) is 29.8 Å². The summed E-state index contributed by atoms with van der Waals surface area (Å²) in [7, 11) is 0. The maximum Gasteiger partial charge on any atom is 0.255 e. The number of rotatable bonds is 5. The van der Waals surface area contributed by atoms with Gasteiger partial charge in [0.1, 0.15) is 10.8 Å². The summed E-state index contributed by atoms with van der Waals surface area (Å²) in [4.78, 5) is 17.6. The molecule has 1 aromatic heterocycles. The van der Waals surface area contributed by atoms with Gasteiger partial charge in [0, 0.05) is 16.8 Å². The molecule has 0 aliphatic heterocycles. The molecule has 0 fully saturated rings. The first-order valence-electron chi connectivity index (χ1n) is 9.55. The van der Waals surface area contributed by atoms with Crippen LogP contribution in [-0.2, 0) is 0 Å². The third-order valence-corrected chi connectivity index (χ3v) is 5.64. The van der Waals surface area contributed by atoms with E-state index >= 15 is 0 Å². The Hall–Kier alpha value is -3.18. The van der Waals surface area contributed by atoms with Crippen LogP contribution in [0.4, 0.5) is 5.69 Å². The summed E-state index contributed by atoms with van der Waals surface area (Å²) in [6.07, 6.45) is 0.0565. The van der Waals surface area contributed by atoms with Gasteiger partial charge in [0.25, 0.3) is 5.91 Å². The smallest absolute Gasteiger partial charge is 0.255 e. The van der Waals surface area contributed by atoms with Gasteiger partial charge < -0.3 is 10.1 Å². The molecule has 3 aromatic carbocycles. The second kappa shape index (κ2) is 8.05. The molecule has 0 bridgehead atoms. The molecule has 0 atom stereocenters. The summed E-state index contributed by atoms with van der Waals surface area (Å²) in [5, 5.41) is 3.98. The second-order valence-corrected chi connectivity index (χ2v) is 8.14. The number of anilines is 1. The van der Waals surface area contributed by atoms with Gasteiger partial charge in [-0.15, -0.1) is 11.3 Å². The van der Waals surface area contributed by atoms with Gasteiger partial charge in [-0.3, -0.25) is 4.79 Å². The number of fused-ring (bicyclic) bond motifs is 1. The summed E-state index contributed by atoms with van der Waals surface area (Å²) < 4.78 is 6.85. The van der Waals surface area contributed by atoms with E-state index in [0.29, 0.717) is 11.3 Å². The first-order chi connectivity index (χ1) is 14.0. The van der Waals surface area contributed by atoms with E-state index < -0.39 is 0 Å². The molecule has 146 valence electrons. The third-order valence-electron chi connectivity index (χ3n) is 4.57. The lowest BCUT2D eigenvalue weighted by Gasteiger charge is -2.13. The first kappa shape index (κ1) is 19.2. The zero-order chi connectivity index (χ0) is 20.4. The lowest BCUT2D eigenvalue weighted by Crippen LogP contribution is -2.13. The van der Waals surface area contributed by atoms with Crippen molar-refractivity contribution in [2.45, 2.75) is 26.9 Å². The number of hydrogen-bond acceptors (Lipinski definition) is 4. The predicted molar refractivity (Wildman–Crippen MR) is 120 cm³/mol. The first-order valence-corrected chi connectivity index (χ1v) is 10.4. The molecule has 1 heterocycles. The maximum absolute atomic E-state index is 12.8. The number of benzene rings is 3. The zero-order valence-electron chi connectivity index (χ0n) is 16.6. The van der Waals surface area contributed by atoms with Crippen molar-refractivity contribution in [3.8, 4) is 16.3 Å². The van der Waals surface area contributed by atoms with E-state index in [1.165, 1.54) is 0 Å². The van der Waals surface area contributed by atoms with E-state index in [4.69, 9.17) is 9.72 Å². The van der Waals surface area contributed by atoms with Gasteiger partial charge in [0.2, 0.25) is 0 Å². The topological polar surface area (TPSA) is 51.2 Å². The van der Waals surface area contributed by atoms with Crippen molar-refractivity contribution in [3.63, 3.8) is 0 Å². The van der Waals surface area contributed by atoms with Crippen molar-refractivity contribution in [1.29, 1.82) is 0 Å². The molecule has 0 spiro atoms. The van der Waals surface area contributed by atoms with Gasteiger partial charge in [0.05, 0.1) is 16.3 Å². The van der Waals surface area contributed by atoms with E-state index in [-0.39, 0.29) is 12.0 Å². The standard InChI is InChI=1S/C24H22N2O2S/c1-15(2)28-18-9-6-8-17(14-18)23(27)25-20-12-7-10-19(16(20)3)24-26-21-11-4-5-13-22(21)29-24/h4-15H,1-3H3,(H,25,27). The second-order valence-electron chi connectivity index (χ2n) is 7.11. The van der Waals surface area contributed by atoms with Gasteiger partial charge in [-0.05, 0) is 62.7 Å². The fraction of sp³-hybridized carbons (Fsp3) is 0.167. The van der Waals surface area contributed by atoms with Crippen molar-refractivity contribution in [2.24, 2.45) is 0 Å². The number of thiazole rings is 1. The van der Waals surface area contributed by atoms with Crippen LogP contribution < -0.4 is 10.1 Å². The highest BCUT2D eigenvalue weighted by atomic mass is 32.1. The van der Waals surface area contributed by atoms with Gasteiger partial charge in [0.15, 0.2) is 0 Å². The Labute approximate surface area is 174 Å². The highest BCUT2D eigenvalue weighted by Crippen LogP contribution is 2.34. The number of aromatic nitrogens is 1. The Kier molecular flexibility index (Phi) is 5.32. The summed E-state index contributed by atoms with van der Waals surface area (Å²) in [6.45, 7) is 5.93. The van der Waals surface area contributed by atoms with Crippen LogP contribution in [0, 0.1) is 6.92 Å². The molecule has 4 nitrogen and oxygen atoms in total. The van der Waals surface area contributed by atoms with Crippen molar-refractivity contribution < 1.29 is 9.53 Å². The zero-order valence-corrected chi connectivity index (χ0v) is 17.4. The number of carbonyl (C=O) groups excluding carboxylic acids is 1. The molecule has 0 saturated carbocycles. The predicted octanol–water partition coefficient (Wildman–Crippen LogP) is 6.31. The van der Waals surface area contributed by atoms with Gasteiger partial charge in [-0.2, -0.15) is 0 Å². The van der Waals surface area contributed by atoms with E-state index in [9.17, 15) is 4.79 Å². The molecular formula is C24H22N2O2S. The van der Waals surface area contributed by atoms with Crippen molar-refractivity contribution in [3.05, 3.63) is 77.9 Å². The van der Waals surface area contributed by atoms with Crippen molar-refractivity contribution >= 4 is 33.1 Å². The molecule has 0 radical (unpaired) electrons. The lowest BCUT2D eigenvalue weighted by atomic mass is 10.1. The minimum atomic E-state index is -0.163. The third kappa shape index (κ3) is 4.15. The number of para-hydroxylation sites is 1. The normalized spacial score (nSPS) is 11.0. The van der Waals surface area contributed by atoms with Crippen molar-refractivity contribution in [2.75, 3.05) is 5.32 Å². The molecule has 0 aliphatic carbocycles. The number of hydrogen-bond donors (Lipinski definition) is 1. The summed E-state index contributed by atoms with van der Waals surface area (Å²) in [5.74, 6) is 0.524. The summed E-state index contributed by atoms with van der Waals surface area (Å²) >= 11 is 1.66. The van der Waals surface area contributed by atoms with Gasteiger partial charge in [-0.25, -0.2) is 4.98 Å². The Morgan fingerprint density at radius 1 is 1.03 bits per heavy atom. The molecule has 0 saturated heterocycles. The summed E-state index contributed by atoms with van der Waals surface area (Å²) in [6, 6.07) is 21.2. The highest BCUT2D eigenvalue weighted by Gasteiger charge is 2.14. The number of nitrogens with zero attached hydrogens (tertiary/aromatic N) is 1. The van der Waals surface area contributed by atoms with Gasteiger partial charge >= 0.3 is 0 Å². The molecular weight excluding hydrogens is 380 g/mol. The van der Waals surface area contributed by atoms with Crippen LogP contribution in [0.15, 0.2) is 66.7 Å².